The highest BCUT2D eigenvalue weighted by atomic mass is 16.2. The smallest absolute Gasteiger partial charge is 0.247 e. The number of rotatable bonds is 3. The van der Waals surface area contributed by atoms with Crippen LogP contribution in [0.15, 0.2) is 45.2 Å². The minimum atomic E-state index is -0.530. The zero-order valence-corrected chi connectivity index (χ0v) is 9.07. The van der Waals surface area contributed by atoms with Gasteiger partial charge in [-0.1, -0.05) is 23.3 Å². The molecule has 18 heavy (non-hydrogen) atoms. The van der Waals surface area contributed by atoms with E-state index in [1.807, 2.05) is 0 Å². The van der Waals surface area contributed by atoms with Crippen molar-refractivity contribution < 1.29 is 0 Å². The van der Waals surface area contributed by atoms with E-state index in [-0.39, 0.29) is 0 Å². The third-order valence-corrected chi connectivity index (χ3v) is 2.22. The summed E-state index contributed by atoms with van der Waals surface area (Å²) < 4.78 is 0.973. The molecule has 0 amide bonds. The van der Waals surface area contributed by atoms with Gasteiger partial charge in [0.25, 0.3) is 0 Å². The molecule has 8 nitrogen and oxygen atoms in total. The van der Waals surface area contributed by atoms with Crippen molar-refractivity contribution in [2.24, 2.45) is 5.11 Å². The molecule has 0 aliphatic rings. The quantitative estimate of drug-likeness (QED) is 0.478. The fraction of sp³-hybridized carbons (Fsp3) is 0. The van der Waals surface area contributed by atoms with Gasteiger partial charge in [0.1, 0.15) is 0 Å². The Bertz CT molecular complexity index is 699. The van der Waals surface area contributed by atoms with Gasteiger partial charge in [-0.15, -0.1) is 0 Å². The first-order valence-electron chi connectivity index (χ1n) is 4.93. The van der Waals surface area contributed by atoms with Crippen LogP contribution in [0.4, 0.5) is 0 Å². The summed E-state index contributed by atoms with van der Waals surface area (Å²) in [5.41, 5.74) is 8.27. The molecular formula is C10H8N6O2. The van der Waals surface area contributed by atoms with Gasteiger partial charge in [-0.3, -0.25) is 0 Å². The van der Waals surface area contributed by atoms with Crippen LogP contribution in [0.2, 0.25) is 0 Å². The second-order valence-electron chi connectivity index (χ2n) is 3.31. The van der Waals surface area contributed by atoms with E-state index in [2.05, 4.69) is 20.2 Å². The summed E-state index contributed by atoms with van der Waals surface area (Å²) in [4.78, 5) is 25.3. The summed E-state index contributed by atoms with van der Waals surface area (Å²) in [5, 5.41) is 7.64. The van der Waals surface area contributed by atoms with E-state index in [0.717, 1.165) is 10.1 Å². The Balaban J connectivity index is 2.36. The fourth-order valence-corrected chi connectivity index (χ4v) is 1.43. The van der Waals surface area contributed by atoms with Gasteiger partial charge < -0.3 is 0 Å². The number of hydrogen-bond acceptors (Lipinski definition) is 3. The summed E-state index contributed by atoms with van der Waals surface area (Å²) in [6.07, 6.45) is 2.91. The van der Waals surface area contributed by atoms with Crippen molar-refractivity contribution in [1.82, 2.24) is 14.8 Å². The number of azide groups is 1. The molecule has 0 saturated heterocycles. The minimum absolute atomic E-state index is 0.448. The zero-order valence-electron chi connectivity index (χ0n) is 9.07. The maximum Gasteiger partial charge on any atom is 0.348 e. The maximum absolute atomic E-state index is 11.3. The molecule has 1 heterocycles. The third kappa shape index (κ3) is 2.23. The van der Waals surface area contributed by atoms with Crippen molar-refractivity contribution in [3.05, 3.63) is 67.4 Å². The molecule has 90 valence electrons. The van der Waals surface area contributed by atoms with Gasteiger partial charge in [-0.25, -0.2) is 24.4 Å². The van der Waals surface area contributed by atoms with Crippen molar-refractivity contribution in [2.75, 3.05) is 0 Å². The van der Waals surface area contributed by atoms with Gasteiger partial charge in [0.15, 0.2) is 0 Å². The molecule has 0 atom stereocenters. The Hall–Kier alpha value is -2.99. The molecule has 0 aliphatic heterocycles. The Morgan fingerprint density at radius 1 is 1.17 bits per heavy atom. The average Bonchev–Trinajstić information content (AvgIpc) is 2.71. The molecule has 2 aromatic rings. The van der Waals surface area contributed by atoms with Gasteiger partial charge in [-0.05, 0) is 23.2 Å². The predicted octanol–water partition coefficient (Wildman–Crippen LogP) is 1.13. The third-order valence-electron chi connectivity index (χ3n) is 2.22. The Labute approximate surface area is 99.8 Å². The molecule has 8 heteroatoms. The van der Waals surface area contributed by atoms with Crippen LogP contribution < -0.4 is 11.4 Å². The normalized spacial score (nSPS) is 10.4. The lowest BCUT2D eigenvalue weighted by Crippen LogP contribution is -2.24. The first-order chi connectivity index (χ1) is 8.72. The number of aromatic nitrogens is 3. The molecule has 0 spiro atoms. The highest BCUT2D eigenvalue weighted by molar-refractivity contribution is 5.51. The maximum atomic E-state index is 11.3. The second-order valence-corrected chi connectivity index (χ2v) is 3.31. The first kappa shape index (κ1) is 11.5. The number of benzene rings is 1. The van der Waals surface area contributed by atoms with Gasteiger partial charge in [0.05, 0.1) is 5.69 Å². The van der Waals surface area contributed by atoms with Crippen molar-refractivity contribution in [3.63, 3.8) is 0 Å². The molecule has 0 fully saturated rings. The first-order valence-corrected chi connectivity index (χ1v) is 4.93. The van der Waals surface area contributed by atoms with Gasteiger partial charge in [0, 0.05) is 11.1 Å². The van der Waals surface area contributed by atoms with Crippen LogP contribution in [-0.2, 0) is 0 Å². The highest BCUT2D eigenvalue weighted by Crippen LogP contribution is 2.07. The van der Waals surface area contributed by atoms with E-state index < -0.39 is 11.4 Å². The van der Waals surface area contributed by atoms with Crippen LogP contribution in [0.25, 0.3) is 22.2 Å². The van der Waals surface area contributed by atoms with Crippen LogP contribution in [0.5, 0.6) is 0 Å². The predicted molar refractivity (Wildman–Crippen MR) is 65.2 cm³/mol. The van der Waals surface area contributed by atoms with Crippen LogP contribution in [0, 0.1) is 0 Å². The van der Waals surface area contributed by atoms with Gasteiger partial charge in [-0.2, -0.15) is 0 Å². The highest BCUT2D eigenvalue weighted by Gasteiger charge is 2.04. The van der Waals surface area contributed by atoms with Gasteiger partial charge in [0.2, 0.25) is 0 Å². The lowest BCUT2D eigenvalue weighted by atomic mass is 10.2. The fourth-order valence-electron chi connectivity index (χ4n) is 1.43. The number of aromatic amines is 2. The van der Waals surface area contributed by atoms with Crippen LogP contribution >= 0.6 is 0 Å². The van der Waals surface area contributed by atoms with E-state index in [0.29, 0.717) is 5.69 Å². The van der Waals surface area contributed by atoms with E-state index in [1.165, 1.54) is 6.20 Å². The second kappa shape index (κ2) is 4.89. The van der Waals surface area contributed by atoms with E-state index in [9.17, 15) is 9.59 Å². The summed E-state index contributed by atoms with van der Waals surface area (Å²) in [6, 6.07) is 6.61. The van der Waals surface area contributed by atoms with Crippen molar-refractivity contribution >= 4 is 6.08 Å². The number of nitrogens with one attached hydrogen (secondary N) is 2. The topological polar surface area (TPSA) is 119 Å². The lowest BCUT2D eigenvalue weighted by Gasteiger charge is -1.99. The summed E-state index contributed by atoms with van der Waals surface area (Å²) in [6.45, 7) is 0. The van der Waals surface area contributed by atoms with Crippen molar-refractivity contribution in [1.29, 1.82) is 0 Å². The zero-order chi connectivity index (χ0) is 13.0. The summed E-state index contributed by atoms with van der Waals surface area (Å²) >= 11 is 0. The largest absolute Gasteiger partial charge is 0.348 e. The molecule has 1 aromatic carbocycles. The van der Waals surface area contributed by atoms with E-state index in [1.54, 1.807) is 30.3 Å². The molecule has 2 rings (SSSR count). The molecular weight excluding hydrogens is 236 g/mol. The number of H-pyrrole nitrogens is 2. The Morgan fingerprint density at radius 2 is 1.78 bits per heavy atom. The van der Waals surface area contributed by atoms with Gasteiger partial charge >= 0.3 is 11.4 Å². The Kier molecular flexibility index (Phi) is 3.13. The minimum Gasteiger partial charge on any atom is -0.247 e. The summed E-state index contributed by atoms with van der Waals surface area (Å²) in [7, 11) is 0. The van der Waals surface area contributed by atoms with Crippen LogP contribution in [-0.4, -0.2) is 14.8 Å². The van der Waals surface area contributed by atoms with Crippen LogP contribution in [0.1, 0.15) is 5.56 Å². The molecule has 2 N–H and O–H groups in total. The SMILES string of the molecule is [N-]=[N+]=NC=Cc1ccc(-n2c(=O)[nH][nH]c2=O)cc1. The Morgan fingerprint density at radius 3 is 2.33 bits per heavy atom. The standard InChI is InChI=1S/C10H8N6O2/c11-15-12-6-5-7-1-3-8(4-2-7)16-9(17)13-14-10(16)18/h1-6H,(H,13,17)(H,14,18). The number of nitrogens with zero attached hydrogens (tertiary/aromatic N) is 4. The molecule has 0 aliphatic carbocycles. The van der Waals surface area contributed by atoms with E-state index >= 15 is 0 Å². The summed E-state index contributed by atoms with van der Waals surface area (Å²) in [5.74, 6) is 0. The van der Waals surface area contributed by atoms with Crippen molar-refractivity contribution in [2.45, 2.75) is 0 Å². The van der Waals surface area contributed by atoms with Crippen molar-refractivity contribution in [3.8, 4) is 5.69 Å². The monoisotopic (exact) mass is 244 g/mol. The molecule has 1 aromatic heterocycles. The molecule has 0 unspecified atom stereocenters. The molecule has 0 radical (unpaired) electrons. The lowest BCUT2D eigenvalue weighted by molar-refractivity contribution is 0.952. The average molecular weight is 244 g/mol. The van der Waals surface area contributed by atoms with Crippen LogP contribution in [0.3, 0.4) is 0 Å². The molecule has 0 bridgehead atoms. The molecule has 0 saturated carbocycles. The van der Waals surface area contributed by atoms with E-state index in [4.69, 9.17) is 5.53 Å². The number of hydrogen-bond donors (Lipinski definition) is 2.